The van der Waals surface area contributed by atoms with E-state index in [-0.39, 0.29) is 0 Å². The highest BCUT2D eigenvalue weighted by atomic mass is 32.2. The van der Waals surface area contributed by atoms with Crippen LogP contribution in [0.4, 0.5) is 0 Å². The summed E-state index contributed by atoms with van der Waals surface area (Å²) in [7, 11) is 0. The van der Waals surface area contributed by atoms with E-state index in [0.29, 0.717) is 0 Å². The Morgan fingerprint density at radius 1 is 1.04 bits per heavy atom. The number of thioether (sulfide) groups is 1. The summed E-state index contributed by atoms with van der Waals surface area (Å²) < 4.78 is 2.00. The monoisotopic (exact) mass is 332 g/mol. The van der Waals surface area contributed by atoms with Crippen LogP contribution in [0.5, 0.6) is 0 Å². The Morgan fingerprint density at radius 3 is 2.52 bits per heavy atom. The van der Waals surface area contributed by atoms with E-state index in [9.17, 15) is 0 Å². The van der Waals surface area contributed by atoms with Gasteiger partial charge in [0.05, 0.1) is 6.33 Å². The third-order valence-corrected chi connectivity index (χ3v) is 5.00. The van der Waals surface area contributed by atoms with Gasteiger partial charge in [-0.05, 0) is 12.2 Å². The molecule has 2 heterocycles. The molecule has 23 heavy (non-hydrogen) atoms. The third-order valence-electron chi connectivity index (χ3n) is 3.93. The highest BCUT2D eigenvalue weighted by Crippen LogP contribution is 2.24. The van der Waals surface area contributed by atoms with Crippen LogP contribution >= 0.6 is 11.8 Å². The second-order valence-corrected chi connectivity index (χ2v) is 6.94. The number of fused-ring (bicyclic) bond motifs is 1. The maximum atomic E-state index is 4.46. The summed E-state index contributed by atoms with van der Waals surface area (Å²) in [6.45, 7) is 6.77. The van der Waals surface area contributed by atoms with Crippen molar-refractivity contribution in [1.29, 1.82) is 0 Å². The predicted octanol–water partition coefficient (Wildman–Crippen LogP) is 5.25. The maximum absolute atomic E-state index is 4.46. The van der Waals surface area contributed by atoms with Gasteiger partial charge >= 0.3 is 0 Å². The largest absolute Gasteiger partial charge is 0.311 e. The van der Waals surface area contributed by atoms with Crippen LogP contribution in [0, 0.1) is 0 Å². The molecule has 2 aromatic heterocycles. The molecule has 0 N–H and O–H groups in total. The van der Waals surface area contributed by atoms with Crippen LogP contribution < -0.4 is 0 Å². The molecule has 5 heteroatoms. The molecule has 0 aliphatic heterocycles. The van der Waals surface area contributed by atoms with E-state index >= 15 is 0 Å². The fraction of sp³-hybridized carbons (Fsp3) is 0.611. The van der Waals surface area contributed by atoms with Gasteiger partial charge in [-0.3, -0.25) is 0 Å². The zero-order valence-corrected chi connectivity index (χ0v) is 15.0. The van der Waals surface area contributed by atoms with Gasteiger partial charge in [-0.2, -0.15) is 0 Å². The number of unbranched alkanes of at least 4 members (excludes halogenated alkanes) is 7. The number of nitrogens with zero attached hydrogens (tertiary/aromatic N) is 4. The molecule has 2 aromatic rings. The fourth-order valence-electron chi connectivity index (χ4n) is 2.64. The summed E-state index contributed by atoms with van der Waals surface area (Å²) in [6, 6.07) is 0. The van der Waals surface area contributed by atoms with Gasteiger partial charge in [0.15, 0.2) is 5.65 Å². The number of allylic oxidation sites excluding steroid dienone is 1. The molecular weight excluding hydrogens is 304 g/mol. The minimum absolute atomic E-state index is 0.732. The van der Waals surface area contributed by atoms with Crippen molar-refractivity contribution >= 4 is 22.9 Å². The Kier molecular flexibility index (Phi) is 8.15. The van der Waals surface area contributed by atoms with E-state index in [2.05, 4.69) is 28.5 Å². The number of rotatable bonds is 12. The Hall–Kier alpha value is -1.36. The Morgan fingerprint density at radius 2 is 1.78 bits per heavy atom. The molecule has 0 aliphatic rings. The van der Waals surface area contributed by atoms with Gasteiger partial charge in [-0.15, -0.1) is 18.3 Å². The molecule has 0 bridgehead atoms. The SMILES string of the molecule is C=CCn1cnc2c(SCCCCCCCCCC)ncnc21. The van der Waals surface area contributed by atoms with Crippen LogP contribution in [0.15, 0.2) is 30.3 Å². The summed E-state index contributed by atoms with van der Waals surface area (Å²) in [5, 5.41) is 1.00. The van der Waals surface area contributed by atoms with Crippen LogP contribution in [-0.2, 0) is 6.54 Å². The van der Waals surface area contributed by atoms with Crippen LogP contribution in [0.25, 0.3) is 11.2 Å². The zero-order valence-electron chi connectivity index (χ0n) is 14.2. The van der Waals surface area contributed by atoms with Gasteiger partial charge < -0.3 is 4.57 Å². The Labute approximate surface area is 143 Å². The topological polar surface area (TPSA) is 43.6 Å². The molecule has 0 radical (unpaired) electrons. The van der Waals surface area contributed by atoms with E-state index in [4.69, 9.17) is 0 Å². The lowest BCUT2D eigenvalue weighted by molar-refractivity contribution is 0.586. The molecule has 126 valence electrons. The molecule has 0 spiro atoms. The van der Waals surface area contributed by atoms with Gasteiger partial charge in [0.25, 0.3) is 0 Å². The van der Waals surface area contributed by atoms with Gasteiger partial charge in [0.1, 0.15) is 16.9 Å². The van der Waals surface area contributed by atoms with Crippen molar-refractivity contribution in [2.45, 2.75) is 69.9 Å². The normalized spacial score (nSPS) is 11.2. The summed E-state index contributed by atoms with van der Waals surface area (Å²) in [6.07, 6.45) is 16.1. The standard InChI is InChI=1S/C18H28N4S/c1-3-5-6-7-8-9-10-11-13-23-18-16-17(19-14-20-18)22(12-4-2)15-21-16/h4,14-15H,2-3,5-13H2,1H3. The first-order valence-electron chi connectivity index (χ1n) is 8.76. The first-order chi connectivity index (χ1) is 11.4. The molecule has 0 fully saturated rings. The van der Waals surface area contributed by atoms with E-state index < -0.39 is 0 Å². The fourth-order valence-corrected chi connectivity index (χ4v) is 3.59. The van der Waals surface area contributed by atoms with Crippen LogP contribution in [0.3, 0.4) is 0 Å². The van der Waals surface area contributed by atoms with Crippen molar-refractivity contribution in [3.05, 3.63) is 25.3 Å². The molecule has 2 rings (SSSR count). The molecule has 0 atom stereocenters. The first kappa shape index (κ1) is 18.0. The van der Waals surface area contributed by atoms with Crippen LogP contribution in [-0.4, -0.2) is 25.3 Å². The van der Waals surface area contributed by atoms with Crippen molar-refractivity contribution in [3.63, 3.8) is 0 Å². The van der Waals surface area contributed by atoms with Gasteiger partial charge in [0.2, 0.25) is 0 Å². The molecule has 0 saturated heterocycles. The van der Waals surface area contributed by atoms with E-state index in [1.54, 1.807) is 18.1 Å². The number of imidazole rings is 1. The highest BCUT2D eigenvalue weighted by molar-refractivity contribution is 7.99. The van der Waals surface area contributed by atoms with E-state index in [1.807, 2.05) is 17.0 Å². The summed E-state index contributed by atoms with van der Waals surface area (Å²) in [5.74, 6) is 1.11. The first-order valence-corrected chi connectivity index (χ1v) is 9.75. The van der Waals surface area contributed by atoms with Crippen molar-refractivity contribution in [2.24, 2.45) is 0 Å². The zero-order chi connectivity index (χ0) is 16.3. The quantitative estimate of drug-likeness (QED) is 0.230. The maximum Gasteiger partial charge on any atom is 0.164 e. The lowest BCUT2D eigenvalue weighted by Crippen LogP contribution is -1.95. The molecule has 0 aromatic carbocycles. The third kappa shape index (κ3) is 5.65. The van der Waals surface area contributed by atoms with Crippen molar-refractivity contribution < 1.29 is 0 Å². The Balaban J connectivity index is 1.72. The van der Waals surface area contributed by atoms with Crippen LogP contribution in [0.1, 0.15) is 58.3 Å². The smallest absolute Gasteiger partial charge is 0.164 e. The Bertz CT molecular complexity index is 594. The van der Waals surface area contributed by atoms with E-state index in [1.165, 1.54) is 51.4 Å². The second-order valence-electron chi connectivity index (χ2n) is 5.86. The number of hydrogen-bond donors (Lipinski definition) is 0. The van der Waals surface area contributed by atoms with Gasteiger partial charge in [0, 0.05) is 6.54 Å². The predicted molar refractivity (Wildman–Crippen MR) is 98.9 cm³/mol. The van der Waals surface area contributed by atoms with Crippen LogP contribution in [0.2, 0.25) is 0 Å². The number of aromatic nitrogens is 4. The molecular formula is C18H28N4S. The lowest BCUT2D eigenvalue weighted by Gasteiger charge is -2.03. The number of hydrogen-bond acceptors (Lipinski definition) is 4. The summed E-state index contributed by atoms with van der Waals surface area (Å²) >= 11 is 1.80. The molecule has 4 nitrogen and oxygen atoms in total. The van der Waals surface area contributed by atoms with Crippen molar-refractivity contribution in [2.75, 3.05) is 5.75 Å². The minimum Gasteiger partial charge on any atom is -0.311 e. The van der Waals surface area contributed by atoms with Crippen molar-refractivity contribution in [3.8, 4) is 0 Å². The molecule has 0 saturated carbocycles. The van der Waals surface area contributed by atoms with E-state index in [0.717, 1.165) is 28.5 Å². The van der Waals surface area contributed by atoms with Crippen molar-refractivity contribution in [1.82, 2.24) is 19.5 Å². The lowest BCUT2D eigenvalue weighted by atomic mass is 10.1. The molecule has 0 amide bonds. The molecule has 0 unspecified atom stereocenters. The average molecular weight is 333 g/mol. The summed E-state index contributed by atoms with van der Waals surface area (Å²) in [5.41, 5.74) is 1.82. The highest BCUT2D eigenvalue weighted by Gasteiger charge is 2.09. The minimum atomic E-state index is 0.732. The summed E-state index contributed by atoms with van der Waals surface area (Å²) in [4.78, 5) is 13.2. The average Bonchev–Trinajstić information content (AvgIpc) is 2.98. The second kappa shape index (κ2) is 10.4. The van der Waals surface area contributed by atoms with Gasteiger partial charge in [-0.25, -0.2) is 15.0 Å². The molecule has 0 aliphatic carbocycles. The van der Waals surface area contributed by atoms with Gasteiger partial charge in [-0.1, -0.05) is 57.9 Å².